The van der Waals surface area contributed by atoms with Crippen molar-refractivity contribution in [1.29, 1.82) is 0 Å². The molecule has 0 radical (unpaired) electrons. The quantitative estimate of drug-likeness (QED) is 0.728. The highest BCUT2D eigenvalue weighted by Gasteiger charge is 2.26. The molecule has 1 atom stereocenters. The summed E-state index contributed by atoms with van der Waals surface area (Å²) in [5.41, 5.74) is 1.14. The number of aryl methyl sites for hydroxylation is 1. The first-order chi connectivity index (χ1) is 9.37. The third-order valence-corrected chi connectivity index (χ3v) is 2.95. The van der Waals surface area contributed by atoms with Gasteiger partial charge in [0.15, 0.2) is 0 Å². The van der Waals surface area contributed by atoms with Crippen molar-refractivity contribution >= 4 is 0 Å². The van der Waals surface area contributed by atoms with Gasteiger partial charge in [-0.05, 0) is 44.4 Å². The maximum absolute atomic E-state index is 12.0. The number of rotatable bonds is 8. The molecular formula is C15H22F3NO. The monoisotopic (exact) mass is 289 g/mol. The summed E-state index contributed by atoms with van der Waals surface area (Å²) in [6.07, 6.45) is -4.08. The van der Waals surface area contributed by atoms with Gasteiger partial charge in [0.1, 0.15) is 12.4 Å². The molecule has 0 aromatic heterocycles. The highest BCUT2D eigenvalue weighted by Crippen LogP contribution is 2.22. The number of hydrogen-bond donors (Lipinski definition) is 1. The van der Waals surface area contributed by atoms with Crippen molar-refractivity contribution in [3.8, 4) is 5.75 Å². The molecular weight excluding hydrogens is 267 g/mol. The van der Waals surface area contributed by atoms with E-state index in [0.29, 0.717) is 19.6 Å². The lowest BCUT2D eigenvalue weighted by molar-refractivity contribution is -0.135. The Hall–Kier alpha value is -1.23. The van der Waals surface area contributed by atoms with Crippen LogP contribution in [0.5, 0.6) is 5.75 Å². The lowest BCUT2D eigenvalue weighted by atomic mass is 10.1. The summed E-state index contributed by atoms with van der Waals surface area (Å²) in [5.74, 6) is 0.816. The molecule has 0 saturated carbocycles. The minimum Gasteiger partial charge on any atom is -0.492 e. The maximum Gasteiger partial charge on any atom is 0.389 e. The Balaban J connectivity index is 2.09. The lowest BCUT2D eigenvalue weighted by Crippen LogP contribution is -2.30. The molecule has 0 spiro atoms. The van der Waals surface area contributed by atoms with Crippen LogP contribution in [0.1, 0.15) is 31.7 Å². The smallest absolute Gasteiger partial charge is 0.389 e. The molecule has 1 N–H and O–H groups in total. The van der Waals surface area contributed by atoms with Crippen LogP contribution in [0.2, 0.25) is 0 Å². The zero-order chi connectivity index (χ0) is 15.0. The second kappa shape index (κ2) is 8.15. The third kappa shape index (κ3) is 8.04. The van der Waals surface area contributed by atoms with Crippen molar-refractivity contribution < 1.29 is 17.9 Å². The fourth-order valence-electron chi connectivity index (χ4n) is 1.89. The van der Waals surface area contributed by atoms with Gasteiger partial charge in [0.2, 0.25) is 0 Å². The average Bonchev–Trinajstić information content (AvgIpc) is 2.33. The molecule has 0 aliphatic rings. The van der Waals surface area contributed by atoms with E-state index in [1.807, 2.05) is 38.1 Å². The maximum atomic E-state index is 12.0. The molecule has 0 aliphatic heterocycles. The number of benzene rings is 1. The SMILES string of the molecule is Cc1cccc(OCCNC(C)CCCC(F)(F)F)c1. The van der Waals surface area contributed by atoms with Gasteiger partial charge in [-0.2, -0.15) is 13.2 Å². The zero-order valence-corrected chi connectivity index (χ0v) is 12.0. The van der Waals surface area contributed by atoms with E-state index in [9.17, 15) is 13.2 Å². The van der Waals surface area contributed by atoms with Crippen LogP contribution in [0.4, 0.5) is 13.2 Å². The molecule has 0 fully saturated rings. The highest BCUT2D eigenvalue weighted by atomic mass is 19.4. The molecule has 0 amide bonds. The summed E-state index contributed by atoms with van der Waals surface area (Å²) in [4.78, 5) is 0. The second-order valence-corrected chi connectivity index (χ2v) is 5.03. The summed E-state index contributed by atoms with van der Waals surface area (Å²) in [5, 5.41) is 3.16. The van der Waals surface area contributed by atoms with Crippen LogP contribution in [0.25, 0.3) is 0 Å². The van der Waals surface area contributed by atoms with E-state index in [2.05, 4.69) is 5.32 Å². The minimum absolute atomic E-state index is 0.0680. The molecule has 20 heavy (non-hydrogen) atoms. The third-order valence-electron chi connectivity index (χ3n) is 2.95. The molecule has 1 unspecified atom stereocenters. The number of halogens is 3. The van der Waals surface area contributed by atoms with Gasteiger partial charge in [-0.1, -0.05) is 12.1 Å². The molecule has 0 bridgehead atoms. The Kier molecular flexibility index (Phi) is 6.85. The van der Waals surface area contributed by atoms with E-state index in [1.165, 1.54) is 0 Å². The predicted molar refractivity (Wildman–Crippen MR) is 74.0 cm³/mol. The van der Waals surface area contributed by atoms with Crippen molar-refractivity contribution in [1.82, 2.24) is 5.32 Å². The van der Waals surface area contributed by atoms with Gasteiger partial charge < -0.3 is 10.1 Å². The normalized spacial score (nSPS) is 13.2. The number of nitrogens with one attached hydrogen (secondary N) is 1. The van der Waals surface area contributed by atoms with E-state index in [0.717, 1.165) is 11.3 Å². The molecule has 5 heteroatoms. The first-order valence-electron chi connectivity index (χ1n) is 6.86. The van der Waals surface area contributed by atoms with Crippen LogP contribution in [-0.4, -0.2) is 25.4 Å². The van der Waals surface area contributed by atoms with E-state index < -0.39 is 12.6 Å². The topological polar surface area (TPSA) is 21.3 Å². The number of alkyl halides is 3. The Morgan fingerprint density at radius 2 is 2.05 bits per heavy atom. The fraction of sp³-hybridized carbons (Fsp3) is 0.600. The van der Waals surface area contributed by atoms with Gasteiger partial charge in [-0.3, -0.25) is 0 Å². The standard InChI is InChI=1S/C15H22F3NO/c1-12-5-3-7-14(11-12)20-10-9-19-13(2)6-4-8-15(16,17)18/h3,5,7,11,13,19H,4,6,8-10H2,1-2H3. The van der Waals surface area contributed by atoms with Crippen LogP contribution in [0.15, 0.2) is 24.3 Å². The highest BCUT2D eigenvalue weighted by molar-refractivity contribution is 5.27. The molecule has 1 aromatic carbocycles. The van der Waals surface area contributed by atoms with E-state index in [-0.39, 0.29) is 12.5 Å². The molecule has 114 valence electrons. The first kappa shape index (κ1) is 16.8. The van der Waals surface area contributed by atoms with Crippen LogP contribution in [0, 0.1) is 6.92 Å². The molecule has 2 nitrogen and oxygen atoms in total. The van der Waals surface area contributed by atoms with Gasteiger partial charge in [0.25, 0.3) is 0 Å². The van der Waals surface area contributed by atoms with E-state index in [4.69, 9.17) is 4.74 Å². The number of ether oxygens (including phenoxy) is 1. The van der Waals surface area contributed by atoms with Crippen LogP contribution >= 0.6 is 0 Å². The summed E-state index contributed by atoms with van der Waals surface area (Å²) in [7, 11) is 0. The predicted octanol–water partition coefficient (Wildman–Crippen LogP) is 4.08. The first-order valence-corrected chi connectivity index (χ1v) is 6.86. The lowest BCUT2D eigenvalue weighted by Gasteiger charge is -2.15. The Morgan fingerprint density at radius 1 is 1.30 bits per heavy atom. The van der Waals surface area contributed by atoms with Gasteiger partial charge in [0, 0.05) is 19.0 Å². The fourth-order valence-corrected chi connectivity index (χ4v) is 1.89. The Labute approximate surface area is 118 Å². The molecule has 1 aromatic rings. The Morgan fingerprint density at radius 3 is 2.70 bits per heavy atom. The van der Waals surface area contributed by atoms with Crippen molar-refractivity contribution in [2.75, 3.05) is 13.2 Å². The number of hydrogen-bond acceptors (Lipinski definition) is 2. The van der Waals surface area contributed by atoms with Crippen molar-refractivity contribution in [3.05, 3.63) is 29.8 Å². The Bertz CT molecular complexity index is 393. The minimum atomic E-state index is -4.05. The summed E-state index contributed by atoms with van der Waals surface area (Å²) in [6, 6.07) is 7.83. The summed E-state index contributed by atoms with van der Waals surface area (Å²) < 4.78 is 41.5. The van der Waals surface area contributed by atoms with Crippen LogP contribution < -0.4 is 10.1 Å². The van der Waals surface area contributed by atoms with Crippen LogP contribution in [0.3, 0.4) is 0 Å². The second-order valence-electron chi connectivity index (χ2n) is 5.03. The van der Waals surface area contributed by atoms with Crippen molar-refractivity contribution in [3.63, 3.8) is 0 Å². The van der Waals surface area contributed by atoms with Crippen molar-refractivity contribution in [2.24, 2.45) is 0 Å². The zero-order valence-electron chi connectivity index (χ0n) is 12.0. The van der Waals surface area contributed by atoms with Gasteiger partial charge in [-0.15, -0.1) is 0 Å². The largest absolute Gasteiger partial charge is 0.492 e. The summed E-state index contributed by atoms with van der Waals surface area (Å²) in [6.45, 7) is 5.02. The molecule has 0 aliphatic carbocycles. The molecule has 0 saturated heterocycles. The van der Waals surface area contributed by atoms with Crippen LogP contribution in [-0.2, 0) is 0 Å². The van der Waals surface area contributed by atoms with E-state index >= 15 is 0 Å². The average molecular weight is 289 g/mol. The summed E-state index contributed by atoms with van der Waals surface area (Å²) >= 11 is 0. The molecule has 1 rings (SSSR count). The van der Waals surface area contributed by atoms with Gasteiger partial charge in [0.05, 0.1) is 0 Å². The van der Waals surface area contributed by atoms with Crippen molar-refractivity contribution in [2.45, 2.75) is 45.3 Å². The van der Waals surface area contributed by atoms with Gasteiger partial charge in [-0.25, -0.2) is 0 Å². The van der Waals surface area contributed by atoms with Gasteiger partial charge >= 0.3 is 6.18 Å². The van der Waals surface area contributed by atoms with E-state index in [1.54, 1.807) is 0 Å². The molecule has 0 heterocycles.